The highest BCUT2D eigenvalue weighted by atomic mass is 32.2. The number of carbonyl (C=O) groups excluding carboxylic acids is 1. The van der Waals surface area contributed by atoms with Gasteiger partial charge in [0.15, 0.2) is 9.84 Å². The van der Waals surface area contributed by atoms with E-state index in [4.69, 9.17) is 0 Å². The Morgan fingerprint density at radius 3 is 2.53 bits per heavy atom. The second-order valence-corrected chi connectivity index (χ2v) is 6.28. The maximum atomic E-state index is 11.6. The van der Waals surface area contributed by atoms with Crippen LogP contribution >= 0.6 is 0 Å². The standard InChI is InChI=1S/C13H20N2O3S/c1-3-9-15-13(16)8-10-14-11-6-4-5-7-12(11)19(2,17)18/h4-7,14H,3,8-10H2,1-2H3,(H,15,16). The Morgan fingerprint density at radius 2 is 1.89 bits per heavy atom. The maximum absolute atomic E-state index is 11.6. The van der Waals surface area contributed by atoms with Crippen LogP contribution in [-0.2, 0) is 14.6 Å². The zero-order valence-electron chi connectivity index (χ0n) is 11.3. The number of rotatable bonds is 7. The largest absolute Gasteiger partial charge is 0.383 e. The van der Waals surface area contributed by atoms with Crippen LogP contribution in [-0.4, -0.2) is 33.7 Å². The molecule has 0 fully saturated rings. The van der Waals surface area contributed by atoms with Gasteiger partial charge in [0.25, 0.3) is 0 Å². The molecule has 0 aliphatic rings. The molecule has 0 aliphatic heterocycles. The predicted molar refractivity (Wildman–Crippen MR) is 76.0 cm³/mol. The monoisotopic (exact) mass is 284 g/mol. The molecule has 6 heteroatoms. The summed E-state index contributed by atoms with van der Waals surface area (Å²) in [4.78, 5) is 11.7. The Balaban J connectivity index is 2.57. The molecule has 0 aliphatic carbocycles. The molecule has 0 radical (unpaired) electrons. The van der Waals surface area contributed by atoms with Crippen molar-refractivity contribution < 1.29 is 13.2 Å². The van der Waals surface area contributed by atoms with Gasteiger partial charge in [-0.05, 0) is 18.6 Å². The summed E-state index contributed by atoms with van der Waals surface area (Å²) in [5.41, 5.74) is 0.535. The Hall–Kier alpha value is -1.56. The van der Waals surface area contributed by atoms with Crippen LogP contribution in [0.1, 0.15) is 19.8 Å². The summed E-state index contributed by atoms with van der Waals surface area (Å²) in [7, 11) is -3.26. The number of para-hydroxylation sites is 1. The lowest BCUT2D eigenvalue weighted by Crippen LogP contribution is -2.26. The third kappa shape index (κ3) is 5.30. The molecule has 0 saturated carbocycles. The van der Waals surface area contributed by atoms with E-state index in [9.17, 15) is 13.2 Å². The fourth-order valence-corrected chi connectivity index (χ4v) is 2.46. The van der Waals surface area contributed by atoms with Crippen molar-refractivity contribution in [1.82, 2.24) is 5.32 Å². The second-order valence-electron chi connectivity index (χ2n) is 4.30. The van der Waals surface area contributed by atoms with Crippen molar-refractivity contribution in [2.45, 2.75) is 24.7 Å². The minimum atomic E-state index is -3.26. The summed E-state index contributed by atoms with van der Waals surface area (Å²) in [6.45, 7) is 3.06. The molecule has 19 heavy (non-hydrogen) atoms. The Bertz CT molecular complexity index is 526. The smallest absolute Gasteiger partial charge is 0.221 e. The van der Waals surface area contributed by atoms with E-state index in [0.29, 0.717) is 25.2 Å². The quantitative estimate of drug-likeness (QED) is 0.794. The molecule has 106 valence electrons. The van der Waals surface area contributed by atoms with E-state index in [-0.39, 0.29) is 10.8 Å². The molecule has 2 N–H and O–H groups in total. The topological polar surface area (TPSA) is 75.3 Å². The van der Waals surface area contributed by atoms with Crippen molar-refractivity contribution in [2.75, 3.05) is 24.7 Å². The van der Waals surface area contributed by atoms with Gasteiger partial charge < -0.3 is 10.6 Å². The zero-order chi connectivity index (χ0) is 14.3. The Labute approximate surface area is 114 Å². The number of hydrogen-bond donors (Lipinski definition) is 2. The molecule has 1 aromatic rings. The fraction of sp³-hybridized carbons (Fsp3) is 0.462. The SMILES string of the molecule is CCCNC(=O)CCNc1ccccc1S(C)(=O)=O. The van der Waals surface area contributed by atoms with Crippen LogP contribution in [0.2, 0.25) is 0 Å². The summed E-state index contributed by atoms with van der Waals surface area (Å²) in [6.07, 6.45) is 2.38. The van der Waals surface area contributed by atoms with Gasteiger partial charge in [-0.25, -0.2) is 8.42 Å². The zero-order valence-corrected chi connectivity index (χ0v) is 12.1. The predicted octanol–water partition coefficient (Wildman–Crippen LogP) is 1.42. The highest BCUT2D eigenvalue weighted by molar-refractivity contribution is 7.90. The summed E-state index contributed by atoms with van der Waals surface area (Å²) >= 11 is 0. The Morgan fingerprint density at radius 1 is 1.21 bits per heavy atom. The molecular weight excluding hydrogens is 264 g/mol. The molecule has 1 aromatic carbocycles. The van der Waals surface area contributed by atoms with Crippen molar-refractivity contribution >= 4 is 21.4 Å². The number of nitrogens with one attached hydrogen (secondary N) is 2. The number of benzene rings is 1. The molecule has 0 aromatic heterocycles. The molecule has 1 rings (SSSR count). The summed E-state index contributed by atoms with van der Waals surface area (Å²) < 4.78 is 23.1. The number of anilines is 1. The highest BCUT2D eigenvalue weighted by Crippen LogP contribution is 2.20. The van der Waals surface area contributed by atoms with E-state index in [1.165, 1.54) is 6.26 Å². The number of sulfone groups is 1. The van der Waals surface area contributed by atoms with Gasteiger partial charge in [-0.2, -0.15) is 0 Å². The van der Waals surface area contributed by atoms with Crippen LogP contribution in [0.4, 0.5) is 5.69 Å². The lowest BCUT2D eigenvalue weighted by molar-refractivity contribution is -0.120. The summed E-state index contributed by atoms with van der Waals surface area (Å²) in [5, 5.41) is 5.75. The summed E-state index contributed by atoms with van der Waals surface area (Å²) in [6, 6.07) is 6.68. The van der Waals surface area contributed by atoms with Crippen LogP contribution in [0.3, 0.4) is 0 Å². The molecule has 0 heterocycles. The Kier molecular flexibility index (Phi) is 5.82. The van der Waals surface area contributed by atoms with Crippen molar-refractivity contribution in [1.29, 1.82) is 0 Å². The van der Waals surface area contributed by atoms with Gasteiger partial charge in [-0.3, -0.25) is 4.79 Å². The first-order valence-electron chi connectivity index (χ1n) is 6.24. The number of hydrogen-bond acceptors (Lipinski definition) is 4. The first kappa shape index (κ1) is 15.5. The van der Waals surface area contributed by atoms with E-state index in [2.05, 4.69) is 10.6 Å². The minimum Gasteiger partial charge on any atom is -0.383 e. The molecule has 0 spiro atoms. The van der Waals surface area contributed by atoms with Crippen LogP contribution < -0.4 is 10.6 Å². The van der Waals surface area contributed by atoms with Gasteiger partial charge in [-0.15, -0.1) is 0 Å². The third-order valence-corrected chi connectivity index (χ3v) is 3.68. The molecule has 0 bridgehead atoms. The van der Waals surface area contributed by atoms with Crippen LogP contribution in [0.15, 0.2) is 29.2 Å². The minimum absolute atomic E-state index is 0.0359. The van der Waals surface area contributed by atoms with Crippen molar-refractivity contribution in [3.63, 3.8) is 0 Å². The van der Waals surface area contributed by atoms with E-state index in [0.717, 1.165) is 6.42 Å². The van der Waals surface area contributed by atoms with Gasteiger partial charge >= 0.3 is 0 Å². The van der Waals surface area contributed by atoms with Crippen LogP contribution in [0.25, 0.3) is 0 Å². The molecule has 0 atom stereocenters. The van der Waals surface area contributed by atoms with Gasteiger partial charge in [0.05, 0.1) is 10.6 Å². The first-order chi connectivity index (χ1) is 8.95. The summed E-state index contributed by atoms with van der Waals surface area (Å²) in [5.74, 6) is -0.0359. The van der Waals surface area contributed by atoms with Gasteiger partial charge in [0.2, 0.25) is 5.91 Å². The van der Waals surface area contributed by atoms with E-state index in [1.807, 2.05) is 6.92 Å². The molecule has 0 saturated heterocycles. The first-order valence-corrected chi connectivity index (χ1v) is 8.14. The van der Waals surface area contributed by atoms with Crippen LogP contribution in [0, 0.1) is 0 Å². The van der Waals surface area contributed by atoms with E-state index in [1.54, 1.807) is 24.3 Å². The van der Waals surface area contributed by atoms with E-state index < -0.39 is 9.84 Å². The lowest BCUT2D eigenvalue weighted by atomic mass is 10.3. The van der Waals surface area contributed by atoms with Gasteiger partial charge in [-0.1, -0.05) is 19.1 Å². The number of amides is 1. The average molecular weight is 284 g/mol. The van der Waals surface area contributed by atoms with Gasteiger partial charge in [0.1, 0.15) is 0 Å². The van der Waals surface area contributed by atoms with Crippen molar-refractivity contribution in [2.24, 2.45) is 0 Å². The molecular formula is C13H20N2O3S. The van der Waals surface area contributed by atoms with Crippen molar-refractivity contribution in [3.8, 4) is 0 Å². The normalized spacial score (nSPS) is 11.1. The molecule has 0 unspecified atom stereocenters. The molecule has 5 nitrogen and oxygen atoms in total. The number of carbonyl (C=O) groups is 1. The highest BCUT2D eigenvalue weighted by Gasteiger charge is 2.12. The fourth-order valence-electron chi connectivity index (χ4n) is 1.60. The van der Waals surface area contributed by atoms with Gasteiger partial charge in [0, 0.05) is 25.8 Å². The van der Waals surface area contributed by atoms with E-state index >= 15 is 0 Å². The third-order valence-electron chi connectivity index (χ3n) is 2.53. The maximum Gasteiger partial charge on any atom is 0.221 e. The van der Waals surface area contributed by atoms with Crippen LogP contribution in [0.5, 0.6) is 0 Å². The van der Waals surface area contributed by atoms with Crippen molar-refractivity contribution in [3.05, 3.63) is 24.3 Å². The average Bonchev–Trinajstić information content (AvgIpc) is 2.35. The molecule has 1 amide bonds. The lowest BCUT2D eigenvalue weighted by Gasteiger charge is -2.10. The second kappa shape index (κ2) is 7.13.